The zero-order valence-corrected chi connectivity index (χ0v) is 10.9. The lowest BCUT2D eigenvalue weighted by atomic mass is 10.1. The molecule has 0 saturated carbocycles. The lowest BCUT2D eigenvalue weighted by molar-refractivity contribution is 0.217. The van der Waals surface area contributed by atoms with E-state index in [9.17, 15) is 0 Å². The fourth-order valence-corrected chi connectivity index (χ4v) is 3.19. The minimum absolute atomic E-state index is 0.839. The Balaban J connectivity index is 1.71. The molecule has 0 spiro atoms. The molecular weight excluding hydrogens is 198 g/mol. The monoisotopic (exact) mass is 225 g/mol. The molecule has 2 saturated heterocycles. The molecule has 2 unspecified atom stereocenters. The van der Waals surface area contributed by atoms with Crippen molar-refractivity contribution >= 4 is 0 Å². The third kappa shape index (κ3) is 2.96. The zero-order valence-electron chi connectivity index (χ0n) is 10.9. The Bertz CT molecular complexity index is 207. The molecule has 2 rings (SSSR count). The van der Waals surface area contributed by atoms with Gasteiger partial charge in [-0.25, -0.2) is 0 Å². The molecular formula is C13H27N3. The highest BCUT2D eigenvalue weighted by Gasteiger charge is 2.34. The van der Waals surface area contributed by atoms with Crippen LogP contribution in [0.25, 0.3) is 0 Å². The summed E-state index contributed by atoms with van der Waals surface area (Å²) >= 11 is 0. The predicted octanol–water partition coefficient (Wildman–Crippen LogP) is 1.15. The van der Waals surface area contributed by atoms with Crippen LogP contribution in [-0.4, -0.2) is 61.7 Å². The topological polar surface area (TPSA) is 18.5 Å². The smallest absolute Gasteiger partial charge is 0.0223 e. The van der Waals surface area contributed by atoms with Gasteiger partial charge in [-0.15, -0.1) is 0 Å². The number of fused-ring (bicyclic) bond motifs is 2. The van der Waals surface area contributed by atoms with E-state index in [-0.39, 0.29) is 0 Å². The van der Waals surface area contributed by atoms with Crippen LogP contribution in [-0.2, 0) is 0 Å². The minimum atomic E-state index is 0.839. The molecule has 2 fully saturated rings. The lowest BCUT2D eigenvalue weighted by Crippen LogP contribution is -2.37. The average molecular weight is 225 g/mol. The summed E-state index contributed by atoms with van der Waals surface area (Å²) in [5.41, 5.74) is 0. The Morgan fingerprint density at radius 1 is 1.19 bits per heavy atom. The van der Waals surface area contributed by atoms with E-state index in [1.807, 2.05) is 0 Å². The maximum Gasteiger partial charge on any atom is 0.0223 e. The van der Waals surface area contributed by atoms with Crippen LogP contribution in [0.15, 0.2) is 0 Å². The van der Waals surface area contributed by atoms with Crippen molar-refractivity contribution in [2.45, 2.75) is 44.7 Å². The third-order valence-electron chi connectivity index (χ3n) is 4.31. The average Bonchev–Trinajstić information content (AvgIpc) is 2.51. The molecule has 0 aromatic carbocycles. The summed E-state index contributed by atoms with van der Waals surface area (Å²) in [6.45, 7) is 8.37. The van der Waals surface area contributed by atoms with E-state index in [0.29, 0.717) is 0 Å². The maximum absolute atomic E-state index is 3.41. The second-order valence-corrected chi connectivity index (χ2v) is 5.35. The Kier molecular flexibility index (Phi) is 4.62. The molecule has 0 aliphatic carbocycles. The van der Waals surface area contributed by atoms with Crippen LogP contribution in [0.1, 0.15) is 32.6 Å². The SMILES string of the molecule is CCNCCCN1CCC2CCC(C1)N2C. The normalized spacial score (nSPS) is 31.9. The number of hydrogen-bond acceptors (Lipinski definition) is 3. The fourth-order valence-electron chi connectivity index (χ4n) is 3.19. The van der Waals surface area contributed by atoms with Crippen LogP contribution < -0.4 is 5.32 Å². The molecule has 0 amide bonds. The first kappa shape index (κ1) is 12.3. The van der Waals surface area contributed by atoms with Gasteiger partial charge in [0.05, 0.1) is 0 Å². The molecule has 3 heteroatoms. The number of hydrogen-bond donors (Lipinski definition) is 1. The predicted molar refractivity (Wildman–Crippen MR) is 68.8 cm³/mol. The van der Waals surface area contributed by atoms with Crippen LogP contribution in [0, 0.1) is 0 Å². The van der Waals surface area contributed by atoms with Gasteiger partial charge in [0.25, 0.3) is 0 Å². The summed E-state index contributed by atoms with van der Waals surface area (Å²) in [7, 11) is 2.32. The standard InChI is InChI=1S/C13H27N3/c1-3-14-8-4-9-16-10-7-12-5-6-13(11-16)15(12)2/h12-14H,3-11H2,1-2H3. The highest BCUT2D eigenvalue weighted by Crippen LogP contribution is 2.28. The van der Waals surface area contributed by atoms with Crippen LogP contribution >= 0.6 is 0 Å². The van der Waals surface area contributed by atoms with Crippen molar-refractivity contribution in [1.82, 2.24) is 15.1 Å². The van der Waals surface area contributed by atoms with E-state index in [4.69, 9.17) is 0 Å². The van der Waals surface area contributed by atoms with Gasteiger partial charge in [0.2, 0.25) is 0 Å². The Hall–Kier alpha value is -0.120. The molecule has 2 aliphatic heterocycles. The molecule has 0 radical (unpaired) electrons. The first-order valence-electron chi connectivity index (χ1n) is 6.96. The highest BCUT2D eigenvalue weighted by molar-refractivity contribution is 4.90. The second-order valence-electron chi connectivity index (χ2n) is 5.35. The van der Waals surface area contributed by atoms with Crippen molar-refractivity contribution in [3.05, 3.63) is 0 Å². The Morgan fingerprint density at radius 2 is 2.00 bits per heavy atom. The van der Waals surface area contributed by atoms with E-state index in [1.54, 1.807) is 0 Å². The van der Waals surface area contributed by atoms with Gasteiger partial charge in [0, 0.05) is 18.6 Å². The van der Waals surface area contributed by atoms with Gasteiger partial charge >= 0.3 is 0 Å². The summed E-state index contributed by atoms with van der Waals surface area (Å²) < 4.78 is 0. The maximum atomic E-state index is 3.41. The molecule has 3 nitrogen and oxygen atoms in total. The molecule has 94 valence electrons. The molecule has 2 bridgehead atoms. The number of rotatable bonds is 5. The molecule has 0 aromatic heterocycles. The number of likely N-dealkylation sites (N-methyl/N-ethyl adjacent to an activating group) is 1. The van der Waals surface area contributed by atoms with Crippen LogP contribution in [0.2, 0.25) is 0 Å². The lowest BCUT2D eigenvalue weighted by Gasteiger charge is -2.25. The first-order chi connectivity index (χ1) is 7.81. The van der Waals surface area contributed by atoms with Crippen molar-refractivity contribution in [1.29, 1.82) is 0 Å². The number of nitrogens with one attached hydrogen (secondary N) is 1. The second kappa shape index (κ2) is 5.99. The van der Waals surface area contributed by atoms with Gasteiger partial charge < -0.3 is 10.2 Å². The first-order valence-corrected chi connectivity index (χ1v) is 6.96. The summed E-state index contributed by atoms with van der Waals surface area (Å²) in [4.78, 5) is 5.31. The van der Waals surface area contributed by atoms with Gasteiger partial charge in [0.15, 0.2) is 0 Å². The van der Waals surface area contributed by atoms with Crippen molar-refractivity contribution in [2.75, 3.05) is 39.8 Å². The molecule has 0 aromatic rings. The van der Waals surface area contributed by atoms with Crippen molar-refractivity contribution in [3.8, 4) is 0 Å². The minimum Gasteiger partial charge on any atom is -0.317 e. The van der Waals surface area contributed by atoms with E-state index in [2.05, 4.69) is 29.1 Å². The largest absolute Gasteiger partial charge is 0.317 e. The highest BCUT2D eigenvalue weighted by atomic mass is 15.3. The quantitative estimate of drug-likeness (QED) is 0.708. The molecule has 16 heavy (non-hydrogen) atoms. The van der Waals surface area contributed by atoms with E-state index < -0.39 is 0 Å². The third-order valence-corrected chi connectivity index (χ3v) is 4.31. The summed E-state index contributed by atoms with van der Waals surface area (Å²) in [5, 5.41) is 3.41. The van der Waals surface area contributed by atoms with Crippen molar-refractivity contribution < 1.29 is 0 Å². The van der Waals surface area contributed by atoms with E-state index in [0.717, 1.165) is 18.6 Å². The van der Waals surface area contributed by atoms with Gasteiger partial charge in [-0.2, -0.15) is 0 Å². The van der Waals surface area contributed by atoms with Gasteiger partial charge in [0.1, 0.15) is 0 Å². The van der Waals surface area contributed by atoms with Crippen molar-refractivity contribution in [2.24, 2.45) is 0 Å². The number of nitrogens with zero attached hydrogens (tertiary/aromatic N) is 2. The molecule has 2 aliphatic rings. The van der Waals surface area contributed by atoms with Gasteiger partial charge in [-0.3, -0.25) is 4.90 Å². The molecule has 1 N–H and O–H groups in total. The number of likely N-dealkylation sites (tertiary alicyclic amines) is 1. The van der Waals surface area contributed by atoms with E-state index in [1.165, 1.54) is 51.9 Å². The summed E-state index contributed by atoms with van der Waals surface area (Å²) in [6, 6.07) is 1.72. The summed E-state index contributed by atoms with van der Waals surface area (Å²) in [6.07, 6.45) is 5.54. The van der Waals surface area contributed by atoms with Gasteiger partial charge in [-0.1, -0.05) is 6.92 Å². The molecule has 2 atom stereocenters. The molecule has 2 heterocycles. The zero-order chi connectivity index (χ0) is 11.4. The summed E-state index contributed by atoms with van der Waals surface area (Å²) in [5.74, 6) is 0. The van der Waals surface area contributed by atoms with Crippen LogP contribution in [0.4, 0.5) is 0 Å². The Morgan fingerprint density at radius 3 is 2.81 bits per heavy atom. The van der Waals surface area contributed by atoms with Crippen LogP contribution in [0.5, 0.6) is 0 Å². The van der Waals surface area contributed by atoms with Crippen molar-refractivity contribution in [3.63, 3.8) is 0 Å². The fraction of sp³-hybridized carbons (Fsp3) is 1.00. The van der Waals surface area contributed by atoms with Gasteiger partial charge in [-0.05, 0) is 58.9 Å². The Labute approximate surface area is 100 Å². The van der Waals surface area contributed by atoms with Crippen LogP contribution in [0.3, 0.4) is 0 Å². The van der Waals surface area contributed by atoms with E-state index >= 15 is 0 Å².